The minimum absolute atomic E-state index is 0.0447. The summed E-state index contributed by atoms with van der Waals surface area (Å²) in [6.07, 6.45) is 1.54. The number of carbonyl (C=O) groups is 2. The van der Waals surface area contributed by atoms with E-state index in [1.807, 2.05) is 11.0 Å². The van der Waals surface area contributed by atoms with Crippen LogP contribution in [-0.4, -0.2) is 25.5 Å². The van der Waals surface area contributed by atoms with E-state index in [4.69, 9.17) is 4.74 Å². The standard InChI is InChI=1S/C20H18FNO3/c1-25-20(24)14-4-7-18-13(10-14)8-9-22(18)19(23)17-11-16(17)12-2-5-15(21)6-3-12/h2-7,10,16-17H,8-9,11H2,1H3. The molecule has 0 aromatic heterocycles. The highest BCUT2D eigenvalue weighted by Gasteiger charge is 2.46. The molecule has 2 aromatic carbocycles. The van der Waals surface area contributed by atoms with Crippen molar-refractivity contribution in [3.63, 3.8) is 0 Å². The second kappa shape index (κ2) is 5.99. The molecule has 0 spiro atoms. The fraction of sp³-hybridized carbons (Fsp3) is 0.300. The zero-order valence-electron chi connectivity index (χ0n) is 13.9. The maximum absolute atomic E-state index is 13.0. The molecule has 1 aliphatic heterocycles. The van der Waals surface area contributed by atoms with Gasteiger partial charge in [-0.05, 0) is 60.2 Å². The molecule has 0 radical (unpaired) electrons. The minimum Gasteiger partial charge on any atom is -0.465 e. The number of halogens is 1. The molecule has 1 fully saturated rings. The van der Waals surface area contributed by atoms with E-state index in [9.17, 15) is 14.0 Å². The first-order valence-electron chi connectivity index (χ1n) is 8.36. The predicted octanol–water partition coefficient (Wildman–Crippen LogP) is 3.31. The number of anilines is 1. The Morgan fingerprint density at radius 2 is 1.92 bits per heavy atom. The summed E-state index contributed by atoms with van der Waals surface area (Å²) in [5.41, 5.74) is 3.39. The quantitative estimate of drug-likeness (QED) is 0.806. The third-order valence-corrected chi connectivity index (χ3v) is 5.07. The van der Waals surface area contributed by atoms with Gasteiger partial charge < -0.3 is 9.64 Å². The highest BCUT2D eigenvalue weighted by molar-refractivity contribution is 6.00. The van der Waals surface area contributed by atoms with E-state index in [0.717, 1.165) is 29.7 Å². The molecule has 1 heterocycles. The normalized spacial score (nSPS) is 21.0. The molecule has 25 heavy (non-hydrogen) atoms. The average molecular weight is 339 g/mol. The Bertz CT molecular complexity index is 847. The first kappa shape index (κ1) is 15.8. The lowest BCUT2D eigenvalue weighted by Crippen LogP contribution is -2.30. The second-order valence-corrected chi connectivity index (χ2v) is 6.58. The Morgan fingerprint density at radius 1 is 1.16 bits per heavy atom. The lowest BCUT2D eigenvalue weighted by atomic mass is 10.1. The summed E-state index contributed by atoms with van der Waals surface area (Å²) in [5, 5.41) is 0. The summed E-state index contributed by atoms with van der Waals surface area (Å²) in [7, 11) is 1.36. The van der Waals surface area contributed by atoms with Gasteiger partial charge in [0.25, 0.3) is 0 Å². The van der Waals surface area contributed by atoms with E-state index in [2.05, 4.69) is 0 Å². The molecule has 128 valence electrons. The van der Waals surface area contributed by atoms with Gasteiger partial charge in [0.15, 0.2) is 0 Å². The van der Waals surface area contributed by atoms with Gasteiger partial charge in [-0.2, -0.15) is 0 Å². The van der Waals surface area contributed by atoms with Gasteiger partial charge in [0.1, 0.15) is 5.82 Å². The lowest BCUT2D eigenvalue weighted by molar-refractivity contribution is -0.119. The van der Waals surface area contributed by atoms with Crippen molar-refractivity contribution in [1.29, 1.82) is 0 Å². The predicted molar refractivity (Wildman–Crippen MR) is 91.1 cm³/mol. The van der Waals surface area contributed by atoms with Crippen LogP contribution in [0, 0.1) is 11.7 Å². The molecule has 1 saturated carbocycles. The highest BCUT2D eigenvalue weighted by Crippen LogP contribution is 2.49. The first-order valence-corrected chi connectivity index (χ1v) is 8.36. The van der Waals surface area contributed by atoms with Gasteiger partial charge in [-0.1, -0.05) is 12.1 Å². The van der Waals surface area contributed by atoms with Crippen molar-refractivity contribution in [3.8, 4) is 0 Å². The van der Waals surface area contributed by atoms with Crippen molar-refractivity contribution < 1.29 is 18.7 Å². The van der Waals surface area contributed by atoms with Crippen LogP contribution < -0.4 is 4.90 Å². The van der Waals surface area contributed by atoms with Crippen LogP contribution >= 0.6 is 0 Å². The third-order valence-electron chi connectivity index (χ3n) is 5.07. The van der Waals surface area contributed by atoms with E-state index in [-0.39, 0.29) is 29.5 Å². The number of hydrogen-bond acceptors (Lipinski definition) is 3. The molecule has 1 amide bonds. The van der Waals surface area contributed by atoms with Crippen LogP contribution in [0.2, 0.25) is 0 Å². The SMILES string of the molecule is COC(=O)c1ccc2c(c1)CCN2C(=O)C1CC1c1ccc(F)cc1. The summed E-state index contributed by atoms with van der Waals surface area (Å²) < 4.78 is 17.8. The molecule has 1 aliphatic carbocycles. The Balaban J connectivity index is 1.50. The van der Waals surface area contributed by atoms with Gasteiger partial charge in [-0.25, -0.2) is 9.18 Å². The van der Waals surface area contributed by atoms with Crippen LogP contribution in [0.1, 0.15) is 33.8 Å². The fourth-order valence-corrected chi connectivity index (χ4v) is 3.62. The molecule has 2 atom stereocenters. The minimum atomic E-state index is -0.369. The number of fused-ring (bicyclic) bond motifs is 1. The number of hydrogen-bond donors (Lipinski definition) is 0. The molecular weight excluding hydrogens is 321 g/mol. The second-order valence-electron chi connectivity index (χ2n) is 6.58. The van der Waals surface area contributed by atoms with Gasteiger partial charge >= 0.3 is 5.97 Å². The molecule has 4 nitrogen and oxygen atoms in total. The lowest BCUT2D eigenvalue weighted by Gasteiger charge is -2.17. The van der Waals surface area contributed by atoms with Crippen LogP contribution in [-0.2, 0) is 16.0 Å². The zero-order chi connectivity index (χ0) is 17.6. The molecule has 0 bridgehead atoms. The Hall–Kier alpha value is -2.69. The van der Waals surface area contributed by atoms with E-state index >= 15 is 0 Å². The van der Waals surface area contributed by atoms with Crippen molar-refractivity contribution in [1.82, 2.24) is 0 Å². The maximum Gasteiger partial charge on any atom is 0.337 e. The number of rotatable bonds is 3. The average Bonchev–Trinajstić information content (AvgIpc) is 3.32. The van der Waals surface area contributed by atoms with Gasteiger partial charge in [0.2, 0.25) is 5.91 Å². The Kier molecular flexibility index (Phi) is 3.79. The van der Waals surface area contributed by atoms with Crippen LogP contribution in [0.3, 0.4) is 0 Å². The molecule has 2 aromatic rings. The van der Waals surface area contributed by atoms with E-state index in [1.165, 1.54) is 19.2 Å². The van der Waals surface area contributed by atoms with Crippen molar-refractivity contribution in [3.05, 3.63) is 65.0 Å². The summed E-state index contributed by atoms with van der Waals surface area (Å²) in [6, 6.07) is 11.7. The first-order chi connectivity index (χ1) is 12.1. The number of amides is 1. The Labute approximate surface area is 145 Å². The largest absolute Gasteiger partial charge is 0.465 e. The van der Waals surface area contributed by atoms with E-state index in [1.54, 1.807) is 24.3 Å². The smallest absolute Gasteiger partial charge is 0.337 e. The molecule has 0 N–H and O–H groups in total. The van der Waals surface area contributed by atoms with Crippen LogP contribution in [0.25, 0.3) is 0 Å². The van der Waals surface area contributed by atoms with E-state index < -0.39 is 0 Å². The summed E-state index contributed by atoms with van der Waals surface area (Å²) in [5.74, 6) is -0.393. The van der Waals surface area contributed by atoms with Crippen LogP contribution in [0.4, 0.5) is 10.1 Å². The monoisotopic (exact) mass is 339 g/mol. The number of methoxy groups -OCH3 is 1. The number of carbonyl (C=O) groups excluding carboxylic acids is 2. The third kappa shape index (κ3) is 2.80. The molecule has 4 rings (SSSR count). The molecule has 5 heteroatoms. The fourth-order valence-electron chi connectivity index (χ4n) is 3.62. The number of benzene rings is 2. The number of esters is 1. The number of nitrogens with zero attached hydrogens (tertiary/aromatic N) is 1. The summed E-state index contributed by atoms with van der Waals surface area (Å²) in [6.45, 7) is 0.630. The van der Waals surface area contributed by atoms with Crippen LogP contribution in [0.15, 0.2) is 42.5 Å². The van der Waals surface area contributed by atoms with Crippen molar-refractivity contribution in [2.45, 2.75) is 18.8 Å². The van der Waals surface area contributed by atoms with Gasteiger partial charge in [0, 0.05) is 18.2 Å². The maximum atomic E-state index is 13.0. The number of ether oxygens (including phenoxy) is 1. The topological polar surface area (TPSA) is 46.6 Å². The van der Waals surface area contributed by atoms with E-state index in [0.29, 0.717) is 12.1 Å². The summed E-state index contributed by atoms with van der Waals surface area (Å²) in [4.78, 5) is 26.3. The molecule has 2 aliphatic rings. The molecule has 0 saturated heterocycles. The van der Waals surface area contributed by atoms with Crippen molar-refractivity contribution in [2.75, 3.05) is 18.6 Å². The zero-order valence-corrected chi connectivity index (χ0v) is 13.9. The van der Waals surface area contributed by atoms with Crippen LogP contribution in [0.5, 0.6) is 0 Å². The van der Waals surface area contributed by atoms with Gasteiger partial charge in [-0.3, -0.25) is 4.79 Å². The molecular formula is C20H18FNO3. The van der Waals surface area contributed by atoms with Crippen molar-refractivity contribution in [2.24, 2.45) is 5.92 Å². The summed E-state index contributed by atoms with van der Waals surface area (Å²) >= 11 is 0. The van der Waals surface area contributed by atoms with Gasteiger partial charge in [0.05, 0.1) is 12.7 Å². The van der Waals surface area contributed by atoms with Gasteiger partial charge in [-0.15, -0.1) is 0 Å². The Morgan fingerprint density at radius 3 is 2.64 bits per heavy atom. The molecule has 2 unspecified atom stereocenters. The van der Waals surface area contributed by atoms with Crippen molar-refractivity contribution >= 4 is 17.6 Å². The highest BCUT2D eigenvalue weighted by atomic mass is 19.1.